The zero-order valence-corrected chi connectivity index (χ0v) is 12.9. The molecule has 0 radical (unpaired) electrons. The van der Waals surface area contributed by atoms with Crippen molar-refractivity contribution in [3.63, 3.8) is 0 Å². The number of rotatable bonds is 2. The average molecular weight is 302 g/mol. The molecule has 0 saturated carbocycles. The van der Waals surface area contributed by atoms with Crippen molar-refractivity contribution in [1.29, 1.82) is 0 Å². The lowest BCUT2D eigenvalue weighted by Crippen LogP contribution is -1.94. The lowest BCUT2D eigenvalue weighted by atomic mass is 10.00. The fourth-order valence-corrected chi connectivity index (χ4v) is 6.39. The van der Waals surface area contributed by atoms with Gasteiger partial charge in [-0.15, -0.1) is 35.3 Å². The van der Waals surface area contributed by atoms with Crippen LogP contribution in [0.25, 0.3) is 5.57 Å². The van der Waals surface area contributed by atoms with Gasteiger partial charge in [-0.1, -0.05) is 60.7 Å². The van der Waals surface area contributed by atoms with E-state index in [9.17, 15) is 0 Å². The topological polar surface area (TPSA) is 0 Å². The molecule has 1 saturated heterocycles. The van der Waals surface area contributed by atoms with E-state index in [4.69, 9.17) is 0 Å². The molecule has 19 heavy (non-hydrogen) atoms. The lowest BCUT2D eigenvalue weighted by Gasteiger charge is -2.18. The van der Waals surface area contributed by atoms with Gasteiger partial charge in [-0.25, -0.2) is 0 Å². The summed E-state index contributed by atoms with van der Waals surface area (Å²) in [5.41, 5.74) is 4.02. The summed E-state index contributed by atoms with van der Waals surface area (Å²) >= 11 is 5.93. The van der Waals surface area contributed by atoms with Crippen LogP contribution in [0.2, 0.25) is 0 Å². The van der Waals surface area contributed by atoms with Gasteiger partial charge >= 0.3 is 0 Å². The van der Waals surface area contributed by atoms with Crippen molar-refractivity contribution in [1.82, 2.24) is 0 Å². The molecule has 0 aromatic heterocycles. The summed E-state index contributed by atoms with van der Waals surface area (Å²) in [5.74, 6) is 0. The molecule has 1 aliphatic rings. The molecule has 0 spiro atoms. The van der Waals surface area contributed by atoms with Crippen LogP contribution in [0.4, 0.5) is 0 Å². The molecule has 0 unspecified atom stereocenters. The molecule has 2 aromatic carbocycles. The third-order valence-corrected chi connectivity index (χ3v) is 6.79. The smallest absolute Gasteiger partial charge is 0.0502 e. The van der Waals surface area contributed by atoms with Crippen LogP contribution in [-0.2, 0) is 0 Å². The summed E-state index contributed by atoms with van der Waals surface area (Å²) in [6.07, 6.45) is 0. The fourth-order valence-electron chi connectivity index (χ4n) is 2.02. The van der Waals surface area contributed by atoms with Crippen LogP contribution in [0.3, 0.4) is 0 Å². The normalized spacial score (nSPS) is 15.3. The molecule has 0 bridgehead atoms. The monoisotopic (exact) mass is 302 g/mol. The van der Waals surface area contributed by atoms with E-state index in [2.05, 4.69) is 60.7 Å². The Labute approximate surface area is 127 Å². The van der Waals surface area contributed by atoms with E-state index in [1.807, 2.05) is 35.3 Å². The Morgan fingerprint density at radius 2 is 1.16 bits per heavy atom. The van der Waals surface area contributed by atoms with Gasteiger partial charge in [-0.3, -0.25) is 0 Å². The maximum atomic E-state index is 2.21. The van der Waals surface area contributed by atoms with Crippen LogP contribution in [0.15, 0.2) is 64.9 Å². The van der Waals surface area contributed by atoms with Gasteiger partial charge in [0.2, 0.25) is 0 Å². The van der Waals surface area contributed by atoms with Crippen LogP contribution in [-0.4, -0.2) is 10.2 Å². The molecule has 0 N–H and O–H groups in total. The molecular formula is C16H14S3. The molecule has 1 heterocycles. The van der Waals surface area contributed by atoms with Gasteiger partial charge in [-0.2, -0.15) is 0 Å². The van der Waals surface area contributed by atoms with Crippen LogP contribution in [0.1, 0.15) is 11.1 Å². The molecular weight excluding hydrogens is 288 g/mol. The van der Waals surface area contributed by atoms with Crippen LogP contribution < -0.4 is 0 Å². The van der Waals surface area contributed by atoms with Gasteiger partial charge < -0.3 is 0 Å². The number of benzene rings is 2. The van der Waals surface area contributed by atoms with E-state index in [-0.39, 0.29) is 0 Å². The fraction of sp³-hybridized carbons (Fsp3) is 0.125. The second kappa shape index (κ2) is 6.60. The molecule has 0 nitrogen and oxygen atoms in total. The first-order valence-corrected chi connectivity index (χ1v) is 9.26. The Bertz CT molecular complexity index is 512. The summed E-state index contributed by atoms with van der Waals surface area (Å²) in [7, 11) is 0. The maximum absolute atomic E-state index is 2.21. The molecule has 0 aliphatic carbocycles. The van der Waals surface area contributed by atoms with Gasteiger partial charge in [-0.05, 0) is 11.1 Å². The van der Waals surface area contributed by atoms with E-state index in [0.29, 0.717) is 0 Å². The summed E-state index contributed by atoms with van der Waals surface area (Å²) in [6.45, 7) is 0. The molecule has 3 heteroatoms. The highest BCUT2D eigenvalue weighted by molar-refractivity contribution is 8.36. The summed E-state index contributed by atoms with van der Waals surface area (Å²) in [5, 5.41) is 2.32. The van der Waals surface area contributed by atoms with Crippen molar-refractivity contribution in [3.8, 4) is 0 Å². The average Bonchev–Trinajstić information content (AvgIpc) is 2.51. The molecule has 2 aromatic rings. The summed E-state index contributed by atoms with van der Waals surface area (Å²) in [6, 6.07) is 21.4. The van der Waals surface area contributed by atoms with E-state index in [1.54, 1.807) is 0 Å². The van der Waals surface area contributed by atoms with Gasteiger partial charge in [0.25, 0.3) is 0 Å². The summed E-state index contributed by atoms with van der Waals surface area (Å²) < 4.78 is 1.45. The second-order valence-electron chi connectivity index (χ2n) is 4.12. The van der Waals surface area contributed by atoms with E-state index < -0.39 is 0 Å². The standard InChI is InChI=1S/C16H14S3/c1-3-7-13(8-4-1)15(14-9-5-2-6-10-14)16-18-11-17-12-19-16/h1-10H,11-12H2. The molecule has 1 aliphatic heterocycles. The van der Waals surface area contributed by atoms with E-state index in [1.165, 1.54) is 20.9 Å². The van der Waals surface area contributed by atoms with Gasteiger partial charge in [0.1, 0.15) is 0 Å². The number of hydrogen-bond donors (Lipinski definition) is 0. The molecule has 96 valence electrons. The molecule has 1 fully saturated rings. The van der Waals surface area contributed by atoms with Crippen molar-refractivity contribution < 1.29 is 0 Å². The lowest BCUT2D eigenvalue weighted by molar-refractivity contribution is 1.55. The number of hydrogen-bond acceptors (Lipinski definition) is 3. The van der Waals surface area contributed by atoms with Gasteiger partial charge in [0.05, 0.1) is 4.24 Å². The first kappa shape index (κ1) is 13.2. The third kappa shape index (κ3) is 3.22. The second-order valence-corrected chi connectivity index (χ2v) is 8.07. The molecule has 0 amide bonds. The van der Waals surface area contributed by atoms with Gasteiger partial charge in [0, 0.05) is 15.7 Å². The Balaban J connectivity index is 2.11. The summed E-state index contributed by atoms with van der Waals surface area (Å²) in [4.78, 5) is 0. The highest BCUT2D eigenvalue weighted by Gasteiger charge is 2.15. The highest BCUT2D eigenvalue weighted by atomic mass is 32.3. The Hall–Kier alpha value is -0.770. The van der Waals surface area contributed by atoms with Crippen molar-refractivity contribution in [2.24, 2.45) is 0 Å². The zero-order valence-electron chi connectivity index (χ0n) is 10.4. The predicted octanol–water partition coefficient (Wildman–Crippen LogP) is 5.53. The minimum absolute atomic E-state index is 1.16. The van der Waals surface area contributed by atoms with E-state index >= 15 is 0 Å². The van der Waals surface area contributed by atoms with Crippen LogP contribution in [0, 0.1) is 0 Å². The Morgan fingerprint density at radius 3 is 1.63 bits per heavy atom. The molecule has 3 rings (SSSR count). The Kier molecular flexibility index (Phi) is 4.59. The van der Waals surface area contributed by atoms with Crippen molar-refractivity contribution in [3.05, 3.63) is 76.0 Å². The molecule has 0 atom stereocenters. The third-order valence-electron chi connectivity index (χ3n) is 2.88. The zero-order chi connectivity index (χ0) is 12.9. The van der Waals surface area contributed by atoms with Crippen LogP contribution >= 0.6 is 35.3 Å². The highest BCUT2D eigenvalue weighted by Crippen LogP contribution is 2.45. The SMILES string of the molecule is c1ccc(C(=C2SCSCS2)c2ccccc2)cc1. The largest absolute Gasteiger partial charge is 0.139 e. The Morgan fingerprint density at radius 1 is 0.684 bits per heavy atom. The van der Waals surface area contributed by atoms with Gasteiger partial charge in [0.15, 0.2) is 0 Å². The van der Waals surface area contributed by atoms with Crippen molar-refractivity contribution in [2.45, 2.75) is 0 Å². The number of thioether (sulfide) groups is 3. The maximum Gasteiger partial charge on any atom is 0.0502 e. The predicted molar refractivity (Wildman–Crippen MR) is 91.4 cm³/mol. The quantitative estimate of drug-likeness (QED) is 0.715. The van der Waals surface area contributed by atoms with Crippen molar-refractivity contribution in [2.75, 3.05) is 10.2 Å². The minimum atomic E-state index is 1.16. The van der Waals surface area contributed by atoms with Crippen LogP contribution in [0.5, 0.6) is 0 Å². The van der Waals surface area contributed by atoms with Crippen molar-refractivity contribution >= 4 is 40.9 Å². The first-order chi connectivity index (χ1) is 9.45. The van der Waals surface area contributed by atoms with E-state index in [0.717, 1.165) is 10.2 Å². The minimum Gasteiger partial charge on any atom is -0.139 e. The first-order valence-electron chi connectivity index (χ1n) is 6.13.